The summed E-state index contributed by atoms with van der Waals surface area (Å²) in [5.74, 6) is 0.292. The lowest BCUT2D eigenvalue weighted by atomic mass is 9.99. The van der Waals surface area contributed by atoms with Crippen LogP contribution in [0.1, 0.15) is 93.9 Å². The summed E-state index contributed by atoms with van der Waals surface area (Å²) in [5, 5.41) is 6.34. The zero-order valence-electron chi connectivity index (χ0n) is 21.0. The number of alkyl halides is 2. The van der Waals surface area contributed by atoms with Crippen LogP contribution in [0.15, 0.2) is 29.5 Å². The lowest BCUT2D eigenvalue weighted by molar-refractivity contribution is -0.115. The maximum atomic E-state index is 14.4. The van der Waals surface area contributed by atoms with Crippen LogP contribution in [-0.4, -0.2) is 51.5 Å². The maximum Gasteiger partial charge on any atom is 0.276 e. The molecule has 1 saturated heterocycles. The molecule has 2 saturated carbocycles. The number of thioether (sulfide) groups is 1. The molecule has 2 aliphatic carbocycles. The van der Waals surface area contributed by atoms with Crippen LogP contribution in [-0.2, 0) is 4.79 Å². The fourth-order valence-electron chi connectivity index (χ4n) is 6.12. The average molecular weight is 518 g/mol. The van der Waals surface area contributed by atoms with E-state index in [-0.39, 0.29) is 23.6 Å². The van der Waals surface area contributed by atoms with E-state index in [0.29, 0.717) is 22.5 Å². The molecule has 5 rings (SSSR count). The maximum absolute atomic E-state index is 14.4. The Bertz CT molecular complexity index is 1010. The summed E-state index contributed by atoms with van der Waals surface area (Å²) in [7, 11) is 0. The van der Waals surface area contributed by atoms with Crippen molar-refractivity contribution in [3.8, 4) is 0 Å². The molecule has 196 valence electrons. The van der Waals surface area contributed by atoms with Gasteiger partial charge < -0.3 is 15.5 Å². The van der Waals surface area contributed by atoms with E-state index in [1.165, 1.54) is 17.8 Å². The predicted molar refractivity (Wildman–Crippen MR) is 142 cm³/mol. The molecular formula is C27H37F2N5OS. The first-order chi connectivity index (χ1) is 17.4. The molecule has 1 aromatic heterocycles. The Labute approximate surface area is 216 Å². The number of halogens is 2. The van der Waals surface area contributed by atoms with Crippen molar-refractivity contribution in [2.75, 3.05) is 11.9 Å². The van der Waals surface area contributed by atoms with Gasteiger partial charge in [0.25, 0.3) is 12.3 Å². The SMILES string of the molecule is C=C(C1N=C(C(=O)NC2CCCC2)SC1c1cnc(NC2CCCC2)cc1C(F)F)N1CCC[C@@H]1C. The molecule has 3 heterocycles. The second kappa shape index (κ2) is 11.1. The van der Waals surface area contributed by atoms with Crippen molar-refractivity contribution < 1.29 is 13.6 Å². The Morgan fingerprint density at radius 3 is 2.44 bits per heavy atom. The number of hydrogen-bond acceptors (Lipinski definition) is 6. The van der Waals surface area contributed by atoms with Crippen molar-refractivity contribution in [2.24, 2.45) is 4.99 Å². The summed E-state index contributed by atoms with van der Waals surface area (Å²) in [6.07, 6.45) is 9.60. The molecule has 1 amide bonds. The van der Waals surface area contributed by atoms with Gasteiger partial charge in [0.15, 0.2) is 5.04 Å². The molecule has 3 fully saturated rings. The number of amides is 1. The number of nitrogens with one attached hydrogen (secondary N) is 2. The molecular weight excluding hydrogens is 480 g/mol. The summed E-state index contributed by atoms with van der Waals surface area (Å²) < 4.78 is 28.8. The highest BCUT2D eigenvalue weighted by molar-refractivity contribution is 8.16. The second-order valence-corrected chi connectivity index (χ2v) is 11.8. The minimum Gasteiger partial charge on any atom is -0.371 e. The van der Waals surface area contributed by atoms with Crippen molar-refractivity contribution in [1.82, 2.24) is 15.2 Å². The van der Waals surface area contributed by atoms with Gasteiger partial charge in [0.1, 0.15) is 11.9 Å². The van der Waals surface area contributed by atoms with Gasteiger partial charge in [-0.25, -0.2) is 13.8 Å². The zero-order chi connectivity index (χ0) is 25.2. The molecule has 0 bridgehead atoms. The van der Waals surface area contributed by atoms with E-state index in [1.807, 2.05) is 0 Å². The molecule has 6 nitrogen and oxygen atoms in total. The van der Waals surface area contributed by atoms with Crippen LogP contribution in [0.25, 0.3) is 0 Å². The zero-order valence-corrected chi connectivity index (χ0v) is 21.8. The van der Waals surface area contributed by atoms with E-state index in [0.717, 1.165) is 76.5 Å². The van der Waals surface area contributed by atoms with Gasteiger partial charge in [-0.1, -0.05) is 44.0 Å². The van der Waals surface area contributed by atoms with Crippen LogP contribution in [0, 0.1) is 0 Å². The van der Waals surface area contributed by atoms with Crippen molar-refractivity contribution in [3.05, 3.63) is 35.7 Å². The number of hydrogen-bond donors (Lipinski definition) is 2. The molecule has 0 aromatic carbocycles. The van der Waals surface area contributed by atoms with Gasteiger partial charge in [-0.05, 0) is 57.1 Å². The van der Waals surface area contributed by atoms with Gasteiger partial charge in [-0.15, -0.1) is 0 Å². The van der Waals surface area contributed by atoms with Gasteiger partial charge in [-0.2, -0.15) is 0 Å². The smallest absolute Gasteiger partial charge is 0.276 e. The van der Waals surface area contributed by atoms with Crippen LogP contribution in [0.5, 0.6) is 0 Å². The molecule has 2 N–H and O–H groups in total. The number of aromatic nitrogens is 1. The third-order valence-electron chi connectivity index (χ3n) is 8.15. The lowest BCUT2D eigenvalue weighted by Crippen LogP contribution is -2.36. The van der Waals surface area contributed by atoms with Crippen LogP contribution in [0.3, 0.4) is 0 Å². The van der Waals surface area contributed by atoms with Gasteiger partial charge in [0.05, 0.1) is 5.25 Å². The van der Waals surface area contributed by atoms with Crippen molar-refractivity contribution >= 4 is 28.5 Å². The molecule has 0 spiro atoms. The van der Waals surface area contributed by atoms with Crippen LogP contribution in [0.4, 0.5) is 14.6 Å². The highest BCUT2D eigenvalue weighted by Gasteiger charge is 2.41. The normalized spacial score (nSPS) is 27.2. The fourth-order valence-corrected chi connectivity index (χ4v) is 7.37. The number of nitrogens with zero attached hydrogens (tertiary/aromatic N) is 3. The predicted octanol–water partition coefficient (Wildman–Crippen LogP) is 5.99. The third-order valence-corrected chi connectivity index (χ3v) is 9.43. The Balaban J connectivity index is 1.42. The highest BCUT2D eigenvalue weighted by atomic mass is 32.2. The van der Waals surface area contributed by atoms with E-state index in [4.69, 9.17) is 4.99 Å². The quantitative estimate of drug-likeness (QED) is 0.444. The standard InChI is InChI=1S/C27H37F2N5OS/c1-16-8-7-13-34(16)17(2)23-24(36-27(33-23)26(35)32-19-11-5-6-12-19)21-15-30-22(14-20(21)25(28)29)31-18-9-3-4-10-18/h14-16,18-19,23-25H,2-13H2,1H3,(H,30,31)(H,32,35)/t16-,23?,24?/m0/s1. The number of carbonyl (C=O) groups is 1. The number of anilines is 1. The van der Waals surface area contributed by atoms with Crippen molar-refractivity contribution in [1.29, 1.82) is 0 Å². The second-order valence-electron chi connectivity index (χ2n) is 10.7. The van der Waals surface area contributed by atoms with Crippen molar-refractivity contribution in [3.63, 3.8) is 0 Å². The molecule has 9 heteroatoms. The fraction of sp³-hybridized carbons (Fsp3) is 0.667. The van der Waals surface area contributed by atoms with E-state index in [9.17, 15) is 13.6 Å². The van der Waals surface area contributed by atoms with E-state index < -0.39 is 17.7 Å². The molecule has 3 atom stereocenters. The van der Waals surface area contributed by atoms with E-state index in [2.05, 4.69) is 34.0 Å². The number of likely N-dealkylation sites (tertiary alicyclic amines) is 1. The minimum absolute atomic E-state index is 0.0390. The van der Waals surface area contributed by atoms with E-state index in [1.54, 1.807) is 6.20 Å². The first-order valence-corrected chi connectivity index (χ1v) is 14.3. The number of aliphatic imine (C=N–C) groups is 1. The summed E-state index contributed by atoms with van der Waals surface area (Å²) >= 11 is 1.28. The largest absolute Gasteiger partial charge is 0.371 e. The Morgan fingerprint density at radius 2 is 1.81 bits per heavy atom. The Hall–Kier alpha value is -2.16. The van der Waals surface area contributed by atoms with E-state index >= 15 is 0 Å². The summed E-state index contributed by atoms with van der Waals surface area (Å²) in [6, 6.07) is 1.79. The van der Waals surface area contributed by atoms with Crippen molar-refractivity contribution in [2.45, 2.75) is 107 Å². The summed E-state index contributed by atoms with van der Waals surface area (Å²) in [6.45, 7) is 7.38. The Kier molecular flexibility index (Phi) is 7.84. The lowest BCUT2D eigenvalue weighted by Gasteiger charge is -2.31. The average Bonchev–Trinajstić information content (AvgIpc) is 3.66. The van der Waals surface area contributed by atoms with Gasteiger partial charge in [0.2, 0.25) is 0 Å². The minimum atomic E-state index is -2.65. The first kappa shape index (κ1) is 25.5. The van der Waals surface area contributed by atoms with Gasteiger partial charge in [0, 0.05) is 42.1 Å². The molecule has 2 unspecified atom stereocenters. The summed E-state index contributed by atoms with van der Waals surface area (Å²) in [5.41, 5.74) is 1.20. The molecule has 4 aliphatic rings. The Morgan fingerprint density at radius 1 is 1.11 bits per heavy atom. The number of carbonyl (C=O) groups excluding carboxylic acids is 1. The summed E-state index contributed by atoms with van der Waals surface area (Å²) in [4.78, 5) is 24.7. The molecule has 36 heavy (non-hydrogen) atoms. The van der Waals surface area contributed by atoms with Crippen LogP contribution in [0.2, 0.25) is 0 Å². The number of pyridine rings is 1. The topological polar surface area (TPSA) is 69.6 Å². The highest BCUT2D eigenvalue weighted by Crippen LogP contribution is 2.47. The monoisotopic (exact) mass is 517 g/mol. The molecule has 1 aromatic rings. The number of rotatable bonds is 8. The van der Waals surface area contributed by atoms with Gasteiger partial charge in [-0.3, -0.25) is 9.79 Å². The van der Waals surface area contributed by atoms with Crippen LogP contribution < -0.4 is 10.6 Å². The first-order valence-electron chi connectivity index (χ1n) is 13.5. The third kappa shape index (κ3) is 5.41. The van der Waals surface area contributed by atoms with Gasteiger partial charge >= 0.3 is 0 Å². The van der Waals surface area contributed by atoms with Crippen LogP contribution >= 0.6 is 11.8 Å². The molecule has 0 radical (unpaired) electrons. The molecule has 2 aliphatic heterocycles.